The number of benzene rings is 2. The topological polar surface area (TPSA) is 115 Å². The molecule has 0 unspecified atom stereocenters. The molecule has 4 N–H and O–H groups in total. The first-order chi connectivity index (χ1) is 12.0. The molecule has 26 heavy (non-hydrogen) atoms. The van der Waals surface area contributed by atoms with Crippen LogP contribution in [0.25, 0.3) is 0 Å². The molecule has 1 heterocycles. The monoisotopic (exact) mass is 376 g/mol. The van der Waals surface area contributed by atoms with Gasteiger partial charge in [-0.25, -0.2) is 0 Å². The van der Waals surface area contributed by atoms with Crippen LogP contribution in [0, 0.1) is 16.0 Å². The molecule has 1 aliphatic heterocycles. The zero-order valence-corrected chi connectivity index (χ0v) is 14.9. The quantitative estimate of drug-likeness (QED) is 0.483. The molecular formula is C18H21ClN4O3. The van der Waals surface area contributed by atoms with Crippen molar-refractivity contribution < 1.29 is 9.72 Å². The van der Waals surface area contributed by atoms with E-state index in [1.807, 2.05) is 30.3 Å². The minimum atomic E-state index is -0.578. The van der Waals surface area contributed by atoms with Gasteiger partial charge in [-0.2, -0.15) is 0 Å². The van der Waals surface area contributed by atoms with E-state index in [1.54, 1.807) is 4.90 Å². The Morgan fingerprint density at radius 1 is 1.19 bits per heavy atom. The molecule has 2 aromatic carbocycles. The average Bonchev–Trinajstić information content (AvgIpc) is 3.06. The van der Waals surface area contributed by atoms with Crippen molar-refractivity contribution in [2.45, 2.75) is 5.92 Å². The Morgan fingerprint density at radius 2 is 1.88 bits per heavy atom. The van der Waals surface area contributed by atoms with Gasteiger partial charge in [0.15, 0.2) is 0 Å². The predicted octanol–water partition coefficient (Wildman–Crippen LogP) is 2.41. The van der Waals surface area contributed by atoms with Crippen molar-refractivity contribution in [3.63, 3.8) is 0 Å². The minimum absolute atomic E-state index is 0. The average molecular weight is 377 g/mol. The van der Waals surface area contributed by atoms with Crippen LogP contribution >= 0.6 is 12.4 Å². The Balaban J connectivity index is 0.00000243. The van der Waals surface area contributed by atoms with Crippen LogP contribution in [0.1, 0.15) is 21.8 Å². The van der Waals surface area contributed by atoms with E-state index < -0.39 is 4.92 Å². The second-order valence-electron chi connectivity index (χ2n) is 6.25. The van der Waals surface area contributed by atoms with Crippen molar-refractivity contribution in [2.75, 3.05) is 25.4 Å². The molecule has 1 fully saturated rings. The van der Waals surface area contributed by atoms with Crippen molar-refractivity contribution in [1.82, 2.24) is 4.90 Å². The highest BCUT2D eigenvalue weighted by atomic mass is 35.5. The highest BCUT2D eigenvalue weighted by Gasteiger charge is 2.35. The normalized spacial score (nSPS) is 19.0. The fourth-order valence-corrected chi connectivity index (χ4v) is 3.37. The number of nitrogens with two attached hydrogens (primary N) is 2. The van der Waals surface area contributed by atoms with Gasteiger partial charge in [0.05, 0.1) is 4.92 Å². The molecule has 1 aliphatic rings. The fourth-order valence-electron chi connectivity index (χ4n) is 3.37. The molecule has 138 valence electrons. The molecule has 8 heteroatoms. The molecule has 0 radical (unpaired) electrons. The summed E-state index contributed by atoms with van der Waals surface area (Å²) in [6.07, 6.45) is 0. The summed E-state index contributed by atoms with van der Waals surface area (Å²) in [5.74, 6) is 0.0917. The van der Waals surface area contributed by atoms with Gasteiger partial charge < -0.3 is 16.4 Å². The third-order valence-corrected chi connectivity index (χ3v) is 4.73. The van der Waals surface area contributed by atoms with Gasteiger partial charge in [0.25, 0.3) is 11.6 Å². The van der Waals surface area contributed by atoms with Gasteiger partial charge in [-0.1, -0.05) is 30.3 Å². The number of nitrogen functional groups attached to an aromatic ring is 1. The van der Waals surface area contributed by atoms with Crippen LogP contribution in [-0.4, -0.2) is 35.4 Å². The summed E-state index contributed by atoms with van der Waals surface area (Å²) in [5.41, 5.74) is 12.7. The van der Waals surface area contributed by atoms with Crippen molar-refractivity contribution >= 4 is 29.7 Å². The summed E-state index contributed by atoms with van der Waals surface area (Å²) in [5, 5.41) is 11.0. The number of anilines is 1. The first-order valence-electron chi connectivity index (χ1n) is 8.09. The zero-order valence-electron chi connectivity index (χ0n) is 14.1. The molecule has 3 rings (SSSR count). The number of likely N-dealkylation sites (tertiary alicyclic amines) is 1. The third-order valence-electron chi connectivity index (χ3n) is 4.73. The molecule has 2 atom stereocenters. The SMILES string of the molecule is Cl.NC[C@@H]1CN(C(=O)c2ccc(N)c([N+](=O)[O-])c2)C[C@H]1c1ccccc1. The highest BCUT2D eigenvalue weighted by Crippen LogP contribution is 2.33. The van der Waals surface area contributed by atoms with Crippen LogP contribution in [0.2, 0.25) is 0 Å². The molecule has 1 amide bonds. The maximum atomic E-state index is 12.8. The molecule has 2 aromatic rings. The molecule has 1 saturated heterocycles. The van der Waals surface area contributed by atoms with Gasteiger partial charge in [0.1, 0.15) is 5.69 Å². The lowest BCUT2D eigenvalue weighted by Gasteiger charge is -2.17. The van der Waals surface area contributed by atoms with E-state index in [2.05, 4.69) is 0 Å². The summed E-state index contributed by atoms with van der Waals surface area (Å²) in [6.45, 7) is 1.56. The van der Waals surface area contributed by atoms with E-state index >= 15 is 0 Å². The number of hydrogen-bond donors (Lipinski definition) is 2. The van der Waals surface area contributed by atoms with Gasteiger partial charge in [0, 0.05) is 30.6 Å². The minimum Gasteiger partial charge on any atom is -0.393 e. The maximum absolute atomic E-state index is 12.8. The van der Waals surface area contributed by atoms with Crippen molar-refractivity contribution in [3.8, 4) is 0 Å². The van der Waals surface area contributed by atoms with E-state index in [-0.39, 0.29) is 47.1 Å². The molecule has 0 aromatic heterocycles. The van der Waals surface area contributed by atoms with Gasteiger partial charge in [-0.15, -0.1) is 12.4 Å². The van der Waals surface area contributed by atoms with Crippen LogP contribution in [0.15, 0.2) is 48.5 Å². The van der Waals surface area contributed by atoms with Crippen LogP contribution in [0.5, 0.6) is 0 Å². The van der Waals surface area contributed by atoms with Crippen LogP contribution < -0.4 is 11.5 Å². The first kappa shape index (κ1) is 19.7. The van der Waals surface area contributed by atoms with Crippen LogP contribution in [-0.2, 0) is 0 Å². The van der Waals surface area contributed by atoms with E-state index in [0.29, 0.717) is 19.6 Å². The molecular weight excluding hydrogens is 356 g/mol. The van der Waals surface area contributed by atoms with Crippen LogP contribution in [0.4, 0.5) is 11.4 Å². The third kappa shape index (κ3) is 3.79. The highest BCUT2D eigenvalue weighted by molar-refractivity contribution is 5.96. The number of nitrogens with zero attached hydrogens (tertiary/aromatic N) is 2. The first-order valence-corrected chi connectivity index (χ1v) is 8.09. The smallest absolute Gasteiger partial charge is 0.292 e. The lowest BCUT2D eigenvalue weighted by molar-refractivity contribution is -0.383. The second-order valence-corrected chi connectivity index (χ2v) is 6.25. The summed E-state index contributed by atoms with van der Waals surface area (Å²) in [4.78, 5) is 25.0. The number of carbonyl (C=O) groups is 1. The second kappa shape index (κ2) is 8.16. The summed E-state index contributed by atoms with van der Waals surface area (Å²) in [6, 6.07) is 14.1. The van der Waals surface area contributed by atoms with Gasteiger partial charge in [0.2, 0.25) is 0 Å². The number of nitro groups is 1. The van der Waals surface area contributed by atoms with E-state index in [0.717, 1.165) is 5.56 Å². The summed E-state index contributed by atoms with van der Waals surface area (Å²) >= 11 is 0. The zero-order chi connectivity index (χ0) is 18.0. The summed E-state index contributed by atoms with van der Waals surface area (Å²) < 4.78 is 0. The molecule has 0 aliphatic carbocycles. The predicted molar refractivity (Wildman–Crippen MR) is 102 cm³/mol. The molecule has 7 nitrogen and oxygen atoms in total. The lowest BCUT2D eigenvalue weighted by atomic mass is 9.89. The Hall–Kier alpha value is -2.64. The standard InChI is InChI=1S/C18H20N4O3.ClH/c19-9-14-10-21(11-15(14)12-4-2-1-3-5-12)18(23)13-6-7-16(20)17(8-13)22(24)25;/h1-8,14-15H,9-11,19-20H2;1H/t14-,15+;/m1./s1. The lowest BCUT2D eigenvalue weighted by Crippen LogP contribution is -2.29. The van der Waals surface area contributed by atoms with Gasteiger partial charge in [-0.3, -0.25) is 14.9 Å². The number of hydrogen-bond acceptors (Lipinski definition) is 5. The van der Waals surface area contributed by atoms with E-state index in [1.165, 1.54) is 18.2 Å². The van der Waals surface area contributed by atoms with Crippen molar-refractivity contribution in [2.24, 2.45) is 11.7 Å². The van der Waals surface area contributed by atoms with Gasteiger partial charge in [-0.05, 0) is 30.2 Å². The summed E-state index contributed by atoms with van der Waals surface area (Å²) in [7, 11) is 0. The molecule has 0 saturated carbocycles. The van der Waals surface area contributed by atoms with E-state index in [9.17, 15) is 14.9 Å². The largest absolute Gasteiger partial charge is 0.393 e. The molecule has 0 bridgehead atoms. The maximum Gasteiger partial charge on any atom is 0.292 e. The fraction of sp³-hybridized carbons (Fsp3) is 0.278. The van der Waals surface area contributed by atoms with Crippen LogP contribution in [0.3, 0.4) is 0 Å². The Labute approximate surface area is 157 Å². The Bertz CT molecular complexity index is 800. The number of halogens is 1. The van der Waals surface area contributed by atoms with E-state index in [4.69, 9.17) is 11.5 Å². The Morgan fingerprint density at radius 3 is 2.50 bits per heavy atom. The number of amides is 1. The number of carbonyl (C=O) groups excluding carboxylic acids is 1. The van der Waals surface area contributed by atoms with Gasteiger partial charge >= 0.3 is 0 Å². The van der Waals surface area contributed by atoms with Crippen molar-refractivity contribution in [3.05, 3.63) is 69.8 Å². The molecule has 0 spiro atoms. The number of nitro benzene ring substituents is 1. The Kier molecular flexibility index (Phi) is 6.18. The number of rotatable bonds is 4. The van der Waals surface area contributed by atoms with Crippen molar-refractivity contribution in [1.29, 1.82) is 0 Å².